The van der Waals surface area contributed by atoms with Crippen LogP contribution in [-0.2, 0) is 10.3 Å². The van der Waals surface area contributed by atoms with Gasteiger partial charge in [0.1, 0.15) is 5.60 Å². The van der Waals surface area contributed by atoms with Crippen LogP contribution in [0, 0.1) is 0 Å². The SMILES string of the molecule is CCCCOc1ccc(C2(CC(Cl)(Cl)Cl)CO2)cc1OCCCC. The van der Waals surface area contributed by atoms with Crippen molar-refractivity contribution in [3.05, 3.63) is 23.8 Å². The molecule has 1 aliphatic heterocycles. The Morgan fingerprint density at radius 3 is 2.12 bits per heavy atom. The number of unbranched alkanes of at least 4 members (excludes halogenated alkanes) is 2. The number of rotatable bonds is 10. The van der Waals surface area contributed by atoms with Crippen LogP contribution in [0.1, 0.15) is 51.5 Å². The molecule has 24 heavy (non-hydrogen) atoms. The van der Waals surface area contributed by atoms with Gasteiger partial charge in [-0.05, 0) is 30.5 Å². The molecule has 6 heteroatoms. The Balaban J connectivity index is 2.16. The van der Waals surface area contributed by atoms with Gasteiger partial charge in [0.15, 0.2) is 15.3 Å². The molecule has 0 radical (unpaired) electrons. The fraction of sp³-hybridized carbons (Fsp3) is 0.667. The smallest absolute Gasteiger partial charge is 0.193 e. The zero-order chi connectivity index (χ0) is 17.6. The van der Waals surface area contributed by atoms with E-state index in [-0.39, 0.29) is 0 Å². The largest absolute Gasteiger partial charge is 0.490 e. The van der Waals surface area contributed by atoms with Gasteiger partial charge in [0, 0.05) is 6.42 Å². The molecule has 136 valence electrons. The number of hydrogen-bond acceptors (Lipinski definition) is 3. The van der Waals surface area contributed by atoms with Crippen molar-refractivity contribution in [2.45, 2.75) is 55.3 Å². The summed E-state index contributed by atoms with van der Waals surface area (Å²) in [6.07, 6.45) is 4.48. The van der Waals surface area contributed by atoms with E-state index < -0.39 is 9.39 Å². The van der Waals surface area contributed by atoms with Gasteiger partial charge in [0.2, 0.25) is 0 Å². The predicted octanol–water partition coefficient (Wildman–Crippen LogP) is 6.03. The molecule has 1 heterocycles. The lowest BCUT2D eigenvalue weighted by Gasteiger charge is -2.20. The minimum atomic E-state index is -1.35. The standard InChI is InChI=1S/C18H25Cl3O3/c1-3-5-9-22-15-8-7-14(11-16(15)23-10-6-4-2)17(13-24-17)12-18(19,20)21/h7-8,11H,3-6,9-10,12-13H2,1-2H3. The summed E-state index contributed by atoms with van der Waals surface area (Å²) in [5.41, 5.74) is 0.430. The summed E-state index contributed by atoms with van der Waals surface area (Å²) in [5.74, 6) is 1.49. The normalized spacial score (nSPS) is 20.0. The average Bonchev–Trinajstić information content (AvgIpc) is 3.27. The minimum absolute atomic E-state index is 0.315. The molecule has 0 saturated carbocycles. The van der Waals surface area contributed by atoms with Crippen molar-refractivity contribution < 1.29 is 14.2 Å². The van der Waals surface area contributed by atoms with Crippen LogP contribution in [0.2, 0.25) is 0 Å². The first kappa shape index (κ1) is 20.0. The highest BCUT2D eigenvalue weighted by Crippen LogP contribution is 2.50. The predicted molar refractivity (Wildman–Crippen MR) is 99.8 cm³/mol. The second-order valence-corrected chi connectivity index (χ2v) is 8.66. The molecule has 1 fully saturated rings. The van der Waals surface area contributed by atoms with Crippen LogP contribution in [0.4, 0.5) is 0 Å². The molecule has 1 unspecified atom stereocenters. The number of ether oxygens (including phenoxy) is 3. The van der Waals surface area contributed by atoms with E-state index in [1.165, 1.54) is 0 Å². The Labute approximate surface area is 159 Å². The van der Waals surface area contributed by atoms with E-state index in [0.29, 0.717) is 26.2 Å². The number of hydrogen-bond donors (Lipinski definition) is 0. The topological polar surface area (TPSA) is 31.0 Å². The van der Waals surface area contributed by atoms with Crippen molar-refractivity contribution in [3.63, 3.8) is 0 Å². The molecule has 1 aromatic rings. The lowest BCUT2D eigenvalue weighted by molar-refractivity contribution is 0.258. The molecule has 0 amide bonds. The number of halogens is 3. The quantitative estimate of drug-likeness (QED) is 0.275. The third kappa shape index (κ3) is 5.87. The van der Waals surface area contributed by atoms with Crippen molar-refractivity contribution in [1.82, 2.24) is 0 Å². The monoisotopic (exact) mass is 394 g/mol. The van der Waals surface area contributed by atoms with Crippen LogP contribution >= 0.6 is 34.8 Å². The summed E-state index contributed by atoms with van der Waals surface area (Å²) in [6, 6.07) is 5.85. The van der Waals surface area contributed by atoms with Gasteiger partial charge in [-0.15, -0.1) is 0 Å². The van der Waals surface area contributed by atoms with Crippen molar-refractivity contribution in [2.24, 2.45) is 0 Å². The summed E-state index contributed by atoms with van der Waals surface area (Å²) < 4.78 is 16.1. The molecule has 1 aliphatic rings. The summed E-state index contributed by atoms with van der Waals surface area (Å²) in [6.45, 7) is 6.14. The van der Waals surface area contributed by atoms with Crippen LogP contribution in [-0.4, -0.2) is 23.6 Å². The van der Waals surface area contributed by atoms with Crippen LogP contribution in [0.5, 0.6) is 11.5 Å². The van der Waals surface area contributed by atoms with Crippen LogP contribution < -0.4 is 9.47 Å². The van der Waals surface area contributed by atoms with E-state index in [4.69, 9.17) is 49.0 Å². The molecule has 1 aromatic carbocycles. The van der Waals surface area contributed by atoms with Gasteiger partial charge in [0.05, 0.1) is 19.8 Å². The van der Waals surface area contributed by atoms with Gasteiger partial charge >= 0.3 is 0 Å². The van der Waals surface area contributed by atoms with Gasteiger partial charge in [-0.3, -0.25) is 0 Å². The Morgan fingerprint density at radius 1 is 1.04 bits per heavy atom. The van der Waals surface area contributed by atoms with Crippen molar-refractivity contribution in [1.29, 1.82) is 0 Å². The molecule has 0 N–H and O–H groups in total. The molecule has 0 bridgehead atoms. The highest BCUT2D eigenvalue weighted by atomic mass is 35.6. The molecule has 1 atom stereocenters. The number of alkyl halides is 3. The molecule has 0 aromatic heterocycles. The Bertz CT molecular complexity index is 525. The number of epoxide rings is 1. The first-order valence-electron chi connectivity index (χ1n) is 8.51. The van der Waals surface area contributed by atoms with E-state index in [1.807, 2.05) is 18.2 Å². The van der Waals surface area contributed by atoms with Gasteiger partial charge in [-0.25, -0.2) is 0 Å². The summed E-state index contributed by atoms with van der Waals surface area (Å²) in [4.78, 5) is 0. The maximum atomic E-state index is 5.96. The molecule has 1 saturated heterocycles. The zero-order valence-electron chi connectivity index (χ0n) is 14.2. The maximum Gasteiger partial charge on any atom is 0.193 e. The molecular weight excluding hydrogens is 371 g/mol. The maximum absolute atomic E-state index is 5.96. The van der Waals surface area contributed by atoms with E-state index in [9.17, 15) is 0 Å². The van der Waals surface area contributed by atoms with Gasteiger partial charge in [-0.1, -0.05) is 67.6 Å². The third-order valence-electron chi connectivity index (χ3n) is 3.96. The Hall–Kier alpha value is -0.350. The first-order chi connectivity index (χ1) is 11.4. The second kappa shape index (κ2) is 8.84. The fourth-order valence-corrected chi connectivity index (χ4v) is 3.11. The van der Waals surface area contributed by atoms with Gasteiger partial charge in [0.25, 0.3) is 0 Å². The van der Waals surface area contributed by atoms with Gasteiger partial charge in [-0.2, -0.15) is 0 Å². The second-order valence-electron chi connectivity index (χ2n) is 6.14. The van der Waals surface area contributed by atoms with Crippen LogP contribution in [0.3, 0.4) is 0 Å². The summed E-state index contributed by atoms with van der Waals surface area (Å²) in [5, 5.41) is 0. The third-order valence-corrected chi connectivity index (χ3v) is 4.36. The van der Waals surface area contributed by atoms with Crippen molar-refractivity contribution >= 4 is 34.8 Å². The van der Waals surface area contributed by atoms with E-state index in [1.54, 1.807) is 0 Å². The summed E-state index contributed by atoms with van der Waals surface area (Å²) >= 11 is 17.9. The highest BCUT2D eigenvalue weighted by Gasteiger charge is 2.51. The Kier molecular flexibility index (Phi) is 7.36. The van der Waals surface area contributed by atoms with E-state index in [2.05, 4.69) is 13.8 Å². The first-order valence-corrected chi connectivity index (χ1v) is 9.64. The minimum Gasteiger partial charge on any atom is -0.490 e. The molecule has 3 nitrogen and oxygen atoms in total. The molecule has 0 spiro atoms. The summed E-state index contributed by atoms with van der Waals surface area (Å²) in [7, 11) is 0. The lowest BCUT2D eigenvalue weighted by Crippen LogP contribution is -2.18. The van der Waals surface area contributed by atoms with Gasteiger partial charge < -0.3 is 14.2 Å². The van der Waals surface area contributed by atoms with Crippen LogP contribution in [0.25, 0.3) is 0 Å². The molecular formula is C18H25Cl3O3. The van der Waals surface area contributed by atoms with E-state index in [0.717, 1.165) is 42.7 Å². The van der Waals surface area contributed by atoms with Crippen molar-refractivity contribution in [2.75, 3.05) is 19.8 Å². The van der Waals surface area contributed by atoms with Crippen molar-refractivity contribution in [3.8, 4) is 11.5 Å². The molecule has 0 aliphatic carbocycles. The Morgan fingerprint density at radius 2 is 1.62 bits per heavy atom. The zero-order valence-corrected chi connectivity index (χ0v) is 16.5. The highest BCUT2D eigenvalue weighted by molar-refractivity contribution is 6.67. The average molecular weight is 396 g/mol. The lowest BCUT2D eigenvalue weighted by atomic mass is 9.96. The fourth-order valence-electron chi connectivity index (χ4n) is 2.46. The van der Waals surface area contributed by atoms with E-state index >= 15 is 0 Å². The number of benzene rings is 1. The molecule has 2 rings (SSSR count). The van der Waals surface area contributed by atoms with Crippen LogP contribution in [0.15, 0.2) is 18.2 Å².